The first-order valence-corrected chi connectivity index (χ1v) is 35.8. The molecule has 29 nitrogen and oxygen atoms in total. The molecule has 34 heteroatoms. The summed E-state index contributed by atoms with van der Waals surface area (Å²) in [6.07, 6.45) is 3.68. The van der Waals surface area contributed by atoms with E-state index in [-0.39, 0.29) is 73.0 Å². The number of amides is 1. The summed E-state index contributed by atoms with van der Waals surface area (Å²) in [6, 6.07) is 19.9. The van der Waals surface area contributed by atoms with Crippen LogP contribution in [0.2, 0.25) is 0 Å². The molecular weight excluding hydrogens is 1270 g/mol. The number of nitrogens with two attached hydrogens (primary N) is 1. The van der Waals surface area contributed by atoms with Crippen molar-refractivity contribution in [2.75, 3.05) is 55.8 Å². The van der Waals surface area contributed by atoms with Crippen LogP contribution in [0.4, 0.5) is 11.5 Å². The fourth-order valence-electron chi connectivity index (χ4n) is 10.9. The number of unbranched alkanes of at least 4 members (excludes halogenated alkanes) is 3. The van der Waals surface area contributed by atoms with Gasteiger partial charge < -0.3 is 50.0 Å². The van der Waals surface area contributed by atoms with E-state index in [2.05, 4.69) is 51.8 Å². The maximum Gasteiger partial charge on any atom is 0.490 e. The zero-order valence-electron chi connectivity index (χ0n) is 48.9. The fraction of sp³-hybridized carbons (Fsp3) is 0.436. The molecule has 0 radical (unpaired) electrons. The largest absolute Gasteiger partial charge is 0.490 e. The zero-order valence-corrected chi connectivity index (χ0v) is 53.2. The number of nitrogens with zero attached hydrogens (tertiary/aromatic N) is 6. The van der Waals surface area contributed by atoms with E-state index in [1.54, 1.807) is 0 Å². The third-order valence-corrected chi connectivity index (χ3v) is 21.2. The average molecular weight is 1340 g/mol. The Morgan fingerprint density at radius 1 is 0.865 bits per heavy atom. The van der Waals surface area contributed by atoms with Crippen LogP contribution in [0, 0.1) is 6.92 Å². The van der Waals surface area contributed by atoms with Gasteiger partial charge in [-0.1, -0.05) is 55.3 Å². The zero-order chi connectivity index (χ0) is 64.7. The van der Waals surface area contributed by atoms with Gasteiger partial charge in [0.1, 0.15) is 54.8 Å². The number of aromatic nitrogens is 4. The van der Waals surface area contributed by atoms with Gasteiger partial charge in [-0.15, -0.1) is 0 Å². The second-order valence-corrected chi connectivity index (χ2v) is 28.9. The van der Waals surface area contributed by atoms with E-state index in [9.17, 15) is 69.3 Å². The predicted molar refractivity (Wildman–Crippen MR) is 325 cm³/mol. The molecule has 4 aromatic rings. The van der Waals surface area contributed by atoms with Crippen LogP contribution in [-0.2, 0) is 66.5 Å². The standard InChI is InChI=1S/C55H71N8O21P3S2/c1-5-61(6-2)38-22-24-41-40(36(3)51(81-44(41)31-38)37-17-10-9-11-18-37)19-14-20-46-55(4,42-32-39(89(76,77)78)23-25-43(42)62(46)28-16-30-88(73,74)75)26-15-21-47(64)57-27-12-7-8-13-29-79-85(67,68)83-87(71,72)84-86(69,70)80-33-45-49(65)50(66)54(82-45)63-35-60-48-52(56)58-34-59-53(48)63/h9-11,14,17-20,22-25,31-32,34-35,45,49-50,54,65-66H,5-8,12-13,15-16,21,26-30,33H2,1-4H3,(H7-,56,57,58,59,64,67,68,69,70,71,72,73,74,75,76,77,78)/p+1/t45-,49-,50-,54-,55?/m1/s1. The summed E-state index contributed by atoms with van der Waals surface area (Å²) in [5.74, 6) is 0.466. The molecule has 1 amide bonds. The number of aliphatic hydroxyl groups is 2. The number of imidazole rings is 1. The lowest BCUT2D eigenvalue weighted by atomic mass is 9.77. The molecule has 2 aromatic carbocycles. The van der Waals surface area contributed by atoms with Crippen molar-refractivity contribution < 1.29 is 96.1 Å². The average Bonchev–Trinajstić information content (AvgIpc) is 1.64. The Labute approximate surface area is 513 Å². The van der Waals surface area contributed by atoms with Crippen molar-refractivity contribution in [2.45, 2.75) is 114 Å². The van der Waals surface area contributed by atoms with Crippen LogP contribution in [0.1, 0.15) is 95.1 Å². The molecule has 1 aliphatic carbocycles. The van der Waals surface area contributed by atoms with Crippen LogP contribution >= 0.6 is 23.5 Å². The smallest absolute Gasteiger partial charge is 0.456 e. The number of ether oxygens (including phenoxy) is 1. The van der Waals surface area contributed by atoms with Gasteiger partial charge in [0.15, 0.2) is 17.7 Å². The number of rotatable bonds is 30. The van der Waals surface area contributed by atoms with Crippen LogP contribution in [0.3, 0.4) is 0 Å². The summed E-state index contributed by atoms with van der Waals surface area (Å²) >= 11 is 0. The van der Waals surface area contributed by atoms with Crippen LogP contribution in [-0.4, -0.2) is 140 Å². The van der Waals surface area contributed by atoms with Gasteiger partial charge in [-0.3, -0.25) is 27.5 Å². The molecule has 89 heavy (non-hydrogen) atoms. The van der Waals surface area contributed by atoms with Crippen LogP contribution in [0.25, 0.3) is 39.9 Å². The molecule has 0 saturated carbocycles. The number of allylic oxidation sites excluding steroid dienone is 3. The van der Waals surface area contributed by atoms with Crippen molar-refractivity contribution in [3.63, 3.8) is 0 Å². The normalized spacial score (nSPS) is 21.3. The Kier molecular flexibility index (Phi) is 22.3. The Hall–Kier alpha value is -5.92. The lowest BCUT2D eigenvalue weighted by Crippen LogP contribution is -2.33. The van der Waals surface area contributed by atoms with Crippen molar-refractivity contribution in [1.29, 1.82) is 0 Å². The highest BCUT2D eigenvalue weighted by Gasteiger charge is 2.48. The van der Waals surface area contributed by atoms with Gasteiger partial charge in [-0.2, -0.15) is 25.5 Å². The summed E-state index contributed by atoms with van der Waals surface area (Å²) in [5.41, 5.74) is 10.1. The number of anilines is 2. The molecule has 5 heterocycles. The minimum absolute atomic E-state index is 0.0138. The topological polar surface area (TPSA) is 425 Å². The molecule has 0 spiro atoms. The molecule has 2 aromatic heterocycles. The number of fused-ring (bicyclic) bond motifs is 3. The van der Waals surface area contributed by atoms with E-state index in [0.29, 0.717) is 47.7 Å². The molecule has 1 saturated heterocycles. The van der Waals surface area contributed by atoms with Crippen molar-refractivity contribution >= 4 is 78.4 Å². The first-order chi connectivity index (χ1) is 41.9. The number of carbonyl (C=O) groups excluding carboxylic acids is 1. The van der Waals surface area contributed by atoms with Crippen LogP contribution in [0.15, 0.2) is 107 Å². The van der Waals surface area contributed by atoms with Gasteiger partial charge in [0.2, 0.25) is 11.3 Å². The quantitative estimate of drug-likeness (QED) is 0.00988. The highest BCUT2D eigenvalue weighted by atomic mass is 32.2. The molecule has 4 unspecified atom stereocenters. The second-order valence-electron chi connectivity index (χ2n) is 21.3. The molecule has 8 rings (SSSR count). The van der Waals surface area contributed by atoms with E-state index < -0.39 is 92.6 Å². The summed E-state index contributed by atoms with van der Waals surface area (Å²) in [4.78, 5) is 57.0. The second kappa shape index (κ2) is 28.7. The Balaban J connectivity index is 0.858. The highest BCUT2D eigenvalue weighted by molar-refractivity contribution is 7.86. The van der Waals surface area contributed by atoms with Gasteiger partial charge in [0, 0.05) is 59.1 Å². The fourth-order valence-corrected chi connectivity index (χ4v) is 15.4. The first-order valence-electron chi connectivity index (χ1n) is 28.3. The number of phosphoric ester groups is 2. The minimum atomic E-state index is -5.86. The first kappa shape index (κ1) is 69.0. The van der Waals surface area contributed by atoms with Gasteiger partial charge in [0.25, 0.3) is 20.2 Å². The maximum atomic E-state index is 13.3. The van der Waals surface area contributed by atoms with Crippen molar-refractivity contribution in [3.8, 4) is 22.6 Å². The van der Waals surface area contributed by atoms with Gasteiger partial charge >= 0.3 is 23.5 Å². The number of aliphatic hydroxyl groups excluding tert-OH is 2. The van der Waals surface area contributed by atoms with E-state index >= 15 is 0 Å². The molecule has 10 N–H and O–H groups in total. The maximum absolute atomic E-state index is 13.3. The number of carbonyl (C=O) groups is 1. The SMILES string of the molecule is CC[N+](CC)=c1ccc2c(/C=C/C=C3\N(CCCS(=O)(=O)O)c4ccc(S(=O)(=O)O)cc4C3(C)CCCC(=O)NCCCCCCOP(=O)(O)OP(=O)(O)OP(=O)(O)OC[C@H]3O[C@@H](n4cnc5c(N)ncnc54)[C@H](O)[C@@H]3O)c(C)c(-c3ccccc3)oc-2c1. The van der Waals surface area contributed by atoms with Gasteiger partial charge in [0.05, 0.1) is 36.3 Å². The van der Waals surface area contributed by atoms with Gasteiger partial charge in [-0.25, -0.2) is 33.2 Å². The van der Waals surface area contributed by atoms with E-state index in [1.807, 2.05) is 85.5 Å². The highest BCUT2D eigenvalue weighted by Crippen LogP contribution is 2.68. The Morgan fingerprint density at radius 2 is 1.57 bits per heavy atom. The monoisotopic (exact) mass is 1340 g/mol. The number of hydrogen-bond donors (Lipinski definition) is 9. The molecule has 4 aliphatic rings. The van der Waals surface area contributed by atoms with E-state index in [4.69, 9.17) is 19.4 Å². The van der Waals surface area contributed by atoms with Crippen molar-refractivity contribution in [2.24, 2.45) is 0 Å². The number of nitrogens with one attached hydrogen (secondary N) is 1. The van der Waals surface area contributed by atoms with Crippen molar-refractivity contribution in [1.82, 2.24) is 29.4 Å². The number of phosphoric acid groups is 3. The summed E-state index contributed by atoms with van der Waals surface area (Å²) in [7, 11) is -25.9. The van der Waals surface area contributed by atoms with Crippen molar-refractivity contribution in [3.05, 3.63) is 119 Å². The summed E-state index contributed by atoms with van der Waals surface area (Å²) < 4.78 is 140. The predicted octanol–water partition coefficient (Wildman–Crippen LogP) is 6.63. The Bertz CT molecular complexity index is 4030. The van der Waals surface area contributed by atoms with E-state index in [0.717, 1.165) is 47.0 Å². The van der Waals surface area contributed by atoms with Crippen LogP contribution < -0.4 is 25.9 Å². The lowest BCUT2D eigenvalue weighted by molar-refractivity contribution is -0.121. The number of benzene rings is 3. The molecular formula is C55H72N8O21P3S2+. The van der Waals surface area contributed by atoms with Crippen LogP contribution in [0.5, 0.6) is 0 Å². The lowest BCUT2D eigenvalue weighted by Gasteiger charge is -2.30. The summed E-state index contributed by atoms with van der Waals surface area (Å²) in [6.45, 7) is 8.38. The molecule has 1 fully saturated rings. The molecule has 484 valence electrons. The third-order valence-electron chi connectivity index (χ3n) is 15.2. The molecule has 3 aliphatic heterocycles. The summed E-state index contributed by atoms with van der Waals surface area (Å²) in [5, 5.41) is 25.0. The van der Waals surface area contributed by atoms with Gasteiger partial charge in [-0.05, 0) is 101 Å². The van der Waals surface area contributed by atoms with E-state index in [1.165, 1.54) is 29.1 Å². The number of nitrogen functional groups attached to an aromatic ring is 1. The Morgan fingerprint density at radius 3 is 2.27 bits per heavy atom. The molecule has 0 bridgehead atoms. The number of hydrogen-bond acceptors (Lipinski definition) is 21. The third kappa shape index (κ3) is 17.2. The molecule has 8 atom stereocenters. The minimum Gasteiger partial charge on any atom is -0.456 e.